The second-order valence-electron chi connectivity index (χ2n) is 4.84. The molecule has 2 heterocycles. The molecule has 1 atom stereocenters. The third kappa shape index (κ3) is 5.36. The van der Waals surface area contributed by atoms with E-state index in [1.807, 2.05) is 6.07 Å². The van der Waals surface area contributed by atoms with E-state index in [9.17, 15) is 0 Å². The molecule has 0 fully saturated rings. The van der Waals surface area contributed by atoms with Crippen LogP contribution in [-0.4, -0.2) is 45.3 Å². The Morgan fingerprint density at radius 1 is 1.29 bits per heavy atom. The largest absolute Gasteiger partial charge is 0.383 e. The van der Waals surface area contributed by atoms with E-state index in [1.54, 1.807) is 29.8 Å². The Morgan fingerprint density at radius 3 is 2.76 bits per heavy atom. The van der Waals surface area contributed by atoms with Crippen LogP contribution in [0, 0.1) is 0 Å². The monoisotopic (exact) mass is 344 g/mol. The highest BCUT2D eigenvalue weighted by molar-refractivity contribution is 7.16. The van der Waals surface area contributed by atoms with Crippen molar-refractivity contribution >= 4 is 34.3 Å². The third-order valence-electron chi connectivity index (χ3n) is 3.23. The zero-order valence-corrected chi connectivity index (χ0v) is 14.7. The highest BCUT2D eigenvalue weighted by Crippen LogP contribution is 2.32. The van der Waals surface area contributed by atoms with Gasteiger partial charge in [0.25, 0.3) is 0 Å². The molecule has 3 nitrogen and oxygen atoms in total. The first-order chi connectivity index (χ1) is 10.2. The summed E-state index contributed by atoms with van der Waals surface area (Å²) in [4.78, 5) is 4.86. The topological polar surface area (TPSA) is 24.5 Å². The fraction of sp³-hybridized carbons (Fsp3) is 0.467. The fourth-order valence-electron chi connectivity index (χ4n) is 2.04. The van der Waals surface area contributed by atoms with Gasteiger partial charge in [0.1, 0.15) is 0 Å². The SMILES string of the molecule is COCCN(C)CCNC(c1cccs1)c1ccc(Cl)s1. The molecule has 2 rings (SSSR count). The molecular formula is C15H21ClN2OS2. The molecule has 6 heteroatoms. The maximum atomic E-state index is 6.08. The Hall–Kier alpha value is -0.430. The lowest BCUT2D eigenvalue weighted by molar-refractivity contribution is 0.161. The van der Waals surface area contributed by atoms with E-state index in [1.165, 1.54) is 9.75 Å². The summed E-state index contributed by atoms with van der Waals surface area (Å²) in [6.07, 6.45) is 0. The van der Waals surface area contributed by atoms with Crippen molar-refractivity contribution in [1.29, 1.82) is 0 Å². The van der Waals surface area contributed by atoms with Crippen LogP contribution in [0.3, 0.4) is 0 Å². The Balaban J connectivity index is 1.92. The van der Waals surface area contributed by atoms with Crippen LogP contribution in [0.2, 0.25) is 4.34 Å². The van der Waals surface area contributed by atoms with Gasteiger partial charge in [-0.2, -0.15) is 0 Å². The molecule has 0 aliphatic carbocycles. The second-order valence-corrected chi connectivity index (χ2v) is 7.57. The van der Waals surface area contributed by atoms with Crippen LogP contribution in [0.1, 0.15) is 15.8 Å². The predicted molar refractivity (Wildman–Crippen MR) is 92.9 cm³/mol. The van der Waals surface area contributed by atoms with Crippen molar-refractivity contribution in [2.24, 2.45) is 0 Å². The fourth-order valence-corrected chi connectivity index (χ4v) is 4.09. The zero-order valence-electron chi connectivity index (χ0n) is 12.3. The van der Waals surface area contributed by atoms with Gasteiger partial charge in [-0.05, 0) is 30.6 Å². The van der Waals surface area contributed by atoms with E-state index in [0.29, 0.717) is 0 Å². The van der Waals surface area contributed by atoms with Crippen LogP contribution >= 0.6 is 34.3 Å². The number of hydrogen-bond donors (Lipinski definition) is 1. The summed E-state index contributed by atoms with van der Waals surface area (Å²) in [6, 6.07) is 8.57. The van der Waals surface area contributed by atoms with E-state index >= 15 is 0 Å². The van der Waals surface area contributed by atoms with Crippen LogP contribution in [0.5, 0.6) is 0 Å². The van der Waals surface area contributed by atoms with Crippen molar-refractivity contribution in [2.45, 2.75) is 6.04 Å². The maximum Gasteiger partial charge on any atom is 0.0931 e. The van der Waals surface area contributed by atoms with E-state index in [4.69, 9.17) is 16.3 Å². The van der Waals surface area contributed by atoms with Crippen molar-refractivity contribution in [3.8, 4) is 0 Å². The van der Waals surface area contributed by atoms with Gasteiger partial charge in [-0.3, -0.25) is 0 Å². The summed E-state index contributed by atoms with van der Waals surface area (Å²) in [6.45, 7) is 3.64. The number of nitrogens with one attached hydrogen (secondary N) is 1. The summed E-state index contributed by atoms with van der Waals surface area (Å²) >= 11 is 9.50. The molecule has 0 bridgehead atoms. The molecule has 21 heavy (non-hydrogen) atoms. The molecule has 0 saturated heterocycles. The van der Waals surface area contributed by atoms with Gasteiger partial charge >= 0.3 is 0 Å². The van der Waals surface area contributed by atoms with Crippen LogP contribution < -0.4 is 5.32 Å². The van der Waals surface area contributed by atoms with E-state index in [-0.39, 0.29) is 6.04 Å². The van der Waals surface area contributed by atoms with E-state index in [0.717, 1.165) is 30.6 Å². The van der Waals surface area contributed by atoms with Crippen molar-refractivity contribution in [2.75, 3.05) is 40.4 Å². The second kappa shape index (κ2) is 8.88. The first-order valence-electron chi connectivity index (χ1n) is 6.90. The standard InChI is InChI=1S/C15H21ClN2OS2/c1-18(9-10-19-2)8-7-17-15(12-4-3-11-20-12)13-5-6-14(16)21-13/h3-6,11,15,17H,7-10H2,1-2H3. The molecule has 1 N–H and O–H groups in total. The van der Waals surface area contributed by atoms with Crippen molar-refractivity contribution < 1.29 is 4.74 Å². The number of nitrogens with zero attached hydrogens (tertiary/aromatic N) is 1. The van der Waals surface area contributed by atoms with Gasteiger partial charge < -0.3 is 15.0 Å². The van der Waals surface area contributed by atoms with Crippen LogP contribution in [0.25, 0.3) is 0 Å². The Labute approximate surface area is 139 Å². The van der Waals surface area contributed by atoms with E-state index in [2.05, 4.69) is 40.8 Å². The Bertz CT molecular complexity index is 515. The Morgan fingerprint density at radius 2 is 2.14 bits per heavy atom. The first kappa shape index (κ1) is 16.9. The molecule has 0 saturated carbocycles. The summed E-state index contributed by atoms with van der Waals surface area (Å²) in [5, 5.41) is 5.75. The lowest BCUT2D eigenvalue weighted by atomic mass is 10.2. The first-order valence-corrected chi connectivity index (χ1v) is 8.97. The number of methoxy groups -OCH3 is 1. The quantitative estimate of drug-likeness (QED) is 0.750. The van der Waals surface area contributed by atoms with Crippen LogP contribution in [0.4, 0.5) is 0 Å². The molecule has 0 spiro atoms. The van der Waals surface area contributed by atoms with Gasteiger partial charge in [0.15, 0.2) is 0 Å². The number of halogens is 1. The molecule has 116 valence electrons. The Kier molecular flexibility index (Phi) is 7.16. The highest BCUT2D eigenvalue weighted by Gasteiger charge is 2.16. The molecule has 0 aliphatic rings. The maximum absolute atomic E-state index is 6.08. The molecule has 0 aromatic carbocycles. The van der Waals surface area contributed by atoms with Crippen molar-refractivity contribution in [3.63, 3.8) is 0 Å². The number of rotatable bonds is 9. The van der Waals surface area contributed by atoms with Gasteiger partial charge in [0, 0.05) is 36.5 Å². The molecule has 2 aromatic rings. The molecule has 0 amide bonds. The summed E-state index contributed by atoms with van der Waals surface area (Å²) < 4.78 is 5.94. The normalized spacial score (nSPS) is 13.0. The number of likely N-dealkylation sites (N-methyl/N-ethyl adjacent to an activating group) is 1. The van der Waals surface area contributed by atoms with Gasteiger partial charge in [0.2, 0.25) is 0 Å². The molecule has 2 aromatic heterocycles. The van der Waals surface area contributed by atoms with Crippen molar-refractivity contribution in [1.82, 2.24) is 10.2 Å². The van der Waals surface area contributed by atoms with Gasteiger partial charge in [-0.15, -0.1) is 22.7 Å². The summed E-state index contributed by atoms with van der Waals surface area (Å²) in [5.74, 6) is 0. The highest BCUT2D eigenvalue weighted by atomic mass is 35.5. The minimum Gasteiger partial charge on any atom is -0.383 e. The predicted octanol–water partition coefficient (Wildman–Crippen LogP) is 3.72. The smallest absolute Gasteiger partial charge is 0.0931 e. The zero-order chi connectivity index (χ0) is 15.1. The van der Waals surface area contributed by atoms with Crippen molar-refractivity contribution in [3.05, 3.63) is 43.7 Å². The minimum absolute atomic E-state index is 0.235. The lowest BCUT2D eigenvalue weighted by Gasteiger charge is -2.20. The average Bonchev–Trinajstić information content (AvgIpc) is 3.13. The third-order valence-corrected chi connectivity index (χ3v) is 5.46. The number of hydrogen-bond acceptors (Lipinski definition) is 5. The number of ether oxygens (including phenoxy) is 1. The van der Waals surface area contributed by atoms with Crippen LogP contribution in [0.15, 0.2) is 29.6 Å². The average molecular weight is 345 g/mol. The minimum atomic E-state index is 0.235. The molecule has 0 aliphatic heterocycles. The van der Waals surface area contributed by atoms with Crippen LogP contribution in [-0.2, 0) is 4.74 Å². The number of thiophene rings is 2. The molecule has 1 unspecified atom stereocenters. The van der Waals surface area contributed by atoms with Gasteiger partial charge in [-0.1, -0.05) is 17.7 Å². The van der Waals surface area contributed by atoms with Gasteiger partial charge in [0.05, 0.1) is 17.0 Å². The lowest BCUT2D eigenvalue weighted by Crippen LogP contribution is -2.33. The summed E-state index contributed by atoms with van der Waals surface area (Å²) in [7, 11) is 3.85. The molecule has 0 radical (unpaired) electrons. The van der Waals surface area contributed by atoms with E-state index < -0.39 is 0 Å². The van der Waals surface area contributed by atoms with Gasteiger partial charge in [-0.25, -0.2) is 0 Å². The summed E-state index contributed by atoms with van der Waals surface area (Å²) in [5.41, 5.74) is 0. The molecular weight excluding hydrogens is 324 g/mol.